The van der Waals surface area contributed by atoms with Crippen molar-refractivity contribution >= 4 is 52.0 Å². The number of halogens is 3. The molecule has 0 spiro atoms. The fourth-order valence-electron chi connectivity index (χ4n) is 4.41. The predicted molar refractivity (Wildman–Crippen MR) is 142 cm³/mol. The molecule has 1 saturated heterocycles. The van der Waals surface area contributed by atoms with Crippen molar-refractivity contribution in [1.82, 2.24) is 5.32 Å². The summed E-state index contributed by atoms with van der Waals surface area (Å²) in [5, 5.41) is 18.7. The van der Waals surface area contributed by atoms with Crippen molar-refractivity contribution in [2.24, 2.45) is 5.10 Å². The Kier molecular flexibility index (Phi) is 6.43. The number of rotatable bonds is 4. The first-order chi connectivity index (χ1) is 18.4. The molecule has 12 heteroatoms. The van der Waals surface area contributed by atoms with Crippen LogP contribution in [-0.2, 0) is 15.8 Å². The molecule has 0 aromatic heterocycles. The van der Waals surface area contributed by atoms with Gasteiger partial charge in [-0.15, -0.1) is 0 Å². The summed E-state index contributed by atoms with van der Waals surface area (Å²) in [6.07, 6.45) is -3.24. The van der Waals surface area contributed by atoms with Crippen LogP contribution < -0.4 is 16.1 Å². The Morgan fingerprint density at radius 1 is 0.949 bits per heavy atom. The third-order valence-corrected chi connectivity index (χ3v) is 6.79. The minimum absolute atomic E-state index is 0.00606. The number of phenols is 1. The van der Waals surface area contributed by atoms with E-state index >= 15 is 0 Å². The number of hydrazone groups is 1. The number of phenolic OH excluding ortho intramolecular Hbond substituents is 1. The first kappa shape index (κ1) is 26.0. The molecule has 198 valence electrons. The molecule has 3 amide bonds. The minimum atomic E-state index is -4.67. The zero-order chi connectivity index (χ0) is 28.1. The molecule has 0 radical (unpaired) electrons. The van der Waals surface area contributed by atoms with E-state index in [0.717, 1.165) is 29.0 Å². The van der Waals surface area contributed by atoms with Crippen molar-refractivity contribution in [2.45, 2.75) is 20.0 Å². The van der Waals surface area contributed by atoms with Gasteiger partial charge < -0.3 is 10.4 Å². The largest absolute Gasteiger partial charge is 0.506 e. The molecule has 3 aromatic carbocycles. The van der Waals surface area contributed by atoms with Gasteiger partial charge in [0.15, 0.2) is 5.71 Å². The normalized spacial score (nSPS) is 17.0. The van der Waals surface area contributed by atoms with Crippen LogP contribution in [0.5, 0.6) is 5.75 Å². The quantitative estimate of drug-likeness (QED) is 0.185. The fraction of sp³-hybridized carbons (Fsp3) is 0.111. The SMILES string of the molecule is Cc1cc(C)cc(-c2c(C(F)(F)F)ccc3c2NC(=O)C3=NNc2ccc(C=C3SC(=O)NC3=O)cc2O)c1. The third-order valence-electron chi connectivity index (χ3n) is 5.98. The molecule has 2 heterocycles. The van der Waals surface area contributed by atoms with Crippen molar-refractivity contribution in [3.05, 3.63) is 81.3 Å². The second kappa shape index (κ2) is 9.62. The number of hydrogen-bond donors (Lipinski definition) is 4. The molecule has 3 aromatic rings. The van der Waals surface area contributed by atoms with Crippen LogP contribution in [0.1, 0.15) is 27.8 Å². The van der Waals surface area contributed by atoms with E-state index in [1.54, 1.807) is 32.0 Å². The molecule has 1 fully saturated rings. The van der Waals surface area contributed by atoms with Crippen LogP contribution in [0.2, 0.25) is 0 Å². The number of anilines is 2. The van der Waals surface area contributed by atoms with Gasteiger partial charge in [-0.25, -0.2) is 0 Å². The molecular formula is C27H19F3N4O4S. The van der Waals surface area contributed by atoms with Crippen LogP contribution in [0.25, 0.3) is 17.2 Å². The Morgan fingerprint density at radius 3 is 2.28 bits per heavy atom. The summed E-state index contributed by atoms with van der Waals surface area (Å²) < 4.78 is 42.0. The maximum Gasteiger partial charge on any atom is 0.417 e. The number of amides is 3. The van der Waals surface area contributed by atoms with Gasteiger partial charge in [-0.2, -0.15) is 18.3 Å². The lowest BCUT2D eigenvalue weighted by molar-refractivity contribution is -0.137. The number of carbonyl (C=O) groups is 3. The number of benzene rings is 3. The molecule has 0 bridgehead atoms. The Hall–Kier alpha value is -4.58. The van der Waals surface area contributed by atoms with Gasteiger partial charge in [0, 0.05) is 11.1 Å². The molecule has 4 N–H and O–H groups in total. The van der Waals surface area contributed by atoms with E-state index in [1.165, 1.54) is 24.3 Å². The Morgan fingerprint density at radius 2 is 1.67 bits per heavy atom. The lowest BCUT2D eigenvalue weighted by atomic mass is 9.92. The number of hydrogen-bond acceptors (Lipinski definition) is 7. The second-order valence-electron chi connectivity index (χ2n) is 8.94. The average Bonchev–Trinajstić information content (AvgIpc) is 3.33. The topological polar surface area (TPSA) is 120 Å². The number of aryl methyl sites for hydroxylation is 2. The van der Waals surface area contributed by atoms with Crippen molar-refractivity contribution in [3.8, 4) is 16.9 Å². The van der Waals surface area contributed by atoms with Crippen molar-refractivity contribution in [1.29, 1.82) is 0 Å². The van der Waals surface area contributed by atoms with E-state index in [-0.39, 0.29) is 38.9 Å². The summed E-state index contributed by atoms with van der Waals surface area (Å²) in [5.41, 5.74) is 3.92. The van der Waals surface area contributed by atoms with Crippen molar-refractivity contribution in [3.63, 3.8) is 0 Å². The van der Waals surface area contributed by atoms with Gasteiger partial charge in [0.05, 0.1) is 21.8 Å². The van der Waals surface area contributed by atoms with Gasteiger partial charge >= 0.3 is 6.18 Å². The van der Waals surface area contributed by atoms with E-state index in [1.807, 2.05) is 6.07 Å². The highest BCUT2D eigenvalue weighted by Crippen LogP contribution is 2.45. The van der Waals surface area contributed by atoms with Gasteiger partial charge in [0.2, 0.25) is 0 Å². The fourth-order valence-corrected chi connectivity index (χ4v) is 5.09. The zero-order valence-electron chi connectivity index (χ0n) is 20.4. The van der Waals surface area contributed by atoms with Crippen LogP contribution >= 0.6 is 11.8 Å². The standard InChI is InChI=1S/C27H19F3N4O4S/c1-12-7-13(2)9-15(8-12)21-17(27(28,29)30)5-4-16-22(21)31-25(37)23(16)34-33-18-6-3-14(10-19(18)35)11-20-24(36)32-26(38)39-20/h3-11,33,35H,1-2H3,(H,31,34,37)(H,32,36,38). The smallest absolute Gasteiger partial charge is 0.417 e. The molecule has 39 heavy (non-hydrogen) atoms. The van der Waals surface area contributed by atoms with Crippen molar-refractivity contribution in [2.75, 3.05) is 10.7 Å². The summed E-state index contributed by atoms with van der Waals surface area (Å²) in [6, 6.07) is 11.5. The summed E-state index contributed by atoms with van der Waals surface area (Å²) >= 11 is 0.730. The van der Waals surface area contributed by atoms with Gasteiger partial charge in [-0.05, 0) is 67.1 Å². The third kappa shape index (κ3) is 5.10. The minimum Gasteiger partial charge on any atom is -0.506 e. The molecule has 8 nitrogen and oxygen atoms in total. The molecule has 0 saturated carbocycles. The number of aromatic hydroxyl groups is 1. The number of nitrogens with zero attached hydrogens (tertiary/aromatic N) is 1. The Balaban J connectivity index is 1.51. The monoisotopic (exact) mass is 552 g/mol. The number of imide groups is 1. The Labute approximate surface area is 224 Å². The summed E-state index contributed by atoms with van der Waals surface area (Å²) in [7, 11) is 0. The molecule has 2 aliphatic heterocycles. The zero-order valence-corrected chi connectivity index (χ0v) is 21.2. The highest BCUT2D eigenvalue weighted by Gasteiger charge is 2.39. The second-order valence-corrected chi connectivity index (χ2v) is 9.95. The van der Waals surface area contributed by atoms with E-state index in [4.69, 9.17) is 0 Å². The maximum atomic E-state index is 14.0. The van der Waals surface area contributed by atoms with Crippen LogP contribution in [0.4, 0.5) is 29.3 Å². The highest BCUT2D eigenvalue weighted by molar-refractivity contribution is 8.18. The molecule has 2 aliphatic rings. The van der Waals surface area contributed by atoms with Gasteiger partial charge in [0.1, 0.15) is 5.75 Å². The van der Waals surface area contributed by atoms with Gasteiger partial charge in [-0.3, -0.25) is 25.1 Å². The van der Waals surface area contributed by atoms with E-state index < -0.39 is 28.8 Å². The first-order valence-corrected chi connectivity index (χ1v) is 12.3. The summed E-state index contributed by atoms with van der Waals surface area (Å²) in [6.45, 7) is 3.55. The van der Waals surface area contributed by atoms with E-state index in [0.29, 0.717) is 11.1 Å². The lowest BCUT2D eigenvalue weighted by Crippen LogP contribution is -2.17. The summed E-state index contributed by atoms with van der Waals surface area (Å²) in [4.78, 5) is 36.0. The van der Waals surface area contributed by atoms with Gasteiger partial charge in [-0.1, -0.05) is 35.4 Å². The number of thioether (sulfide) groups is 1. The molecule has 0 atom stereocenters. The van der Waals surface area contributed by atoms with Crippen LogP contribution in [0.15, 0.2) is 58.5 Å². The number of alkyl halides is 3. The van der Waals surface area contributed by atoms with Crippen LogP contribution in [0, 0.1) is 13.8 Å². The molecule has 0 unspecified atom stereocenters. The van der Waals surface area contributed by atoms with Crippen molar-refractivity contribution < 1.29 is 32.7 Å². The molecule has 5 rings (SSSR count). The van der Waals surface area contributed by atoms with E-state index in [2.05, 4.69) is 21.2 Å². The van der Waals surface area contributed by atoms with E-state index in [9.17, 15) is 32.7 Å². The predicted octanol–water partition coefficient (Wildman–Crippen LogP) is 5.79. The van der Waals surface area contributed by atoms with Crippen LogP contribution in [0.3, 0.4) is 0 Å². The maximum absolute atomic E-state index is 14.0. The van der Waals surface area contributed by atoms with Crippen LogP contribution in [-0.4, -0.2) is 27.9 Å². The number of nitrogens with one attached hydrogen (secondary N) is 3. The summed E-state index contributed by atoms with van der Waals surface area (Å²) in [5.74, 6) is -1.53. The number of fused-ring (bicyclic) bond motifs is 1. The highest BCUT2D eigenvalue weighted by atomic mass is 32.2. The molecular weight excluding hydrogens is 533 g/mol. The lowest BCUT2D eigenvalue weighted by Gasteiger charge is -2.17. The first-order valence-electron chi connectivity index (χ1n) is 11.5. The Bertz CT molecular complexity index is 1630. The van der Waals surface area contributed by atoms with Gasteiger partial charge in [0.25, 0.3) is 17.1 Å². The number of carbonyl (C=O) groups excluding carboxylic acids is 3. The average molecular weight is 553 g/mol. The molecule has 0 aliphatic carbocycles.